The molecular formula is C9H11BrN2O4S. The van der Waals surface area contributed by atoms with Gasteiger partial charge in [-0.1, -0.05) is 0 Å². The van der Waals surface area contributed by atoms with E-state index in [2.05, 4.69) is 25.6 Å². The van der Waals surface area contributed by atoms with Gasteiger partial charge < -0.3 is 5.11 Å². The summed E-state index contributed by atoms with van der Waals surface area (Å²) in [5, 5.41) is 8.31. The van der Waals surface area contributed by atoms with Crippen molar-refractivity contribution in [1.82, 2.24) is 9.71 Å². The summed E-state index contributed by atoms with van der Waals surface area (Å²) >= 11 is 3.15. The van der Waals surface area contributed by atoms with Crippen LogP contribution in [0.5, 0.6) is 0 Å². The van der Waals surface area contributed by atoms with Gasteiger partial charge in [0, 0.05) is 23.6 Å². The lowest BCUT2D eigenvalue weighted by atomic mass is 10.3. The average Bonchev–Trinajstić information content (AvgIpc) is 2.25. The largest absolute Gasteiger partial charge is 0.481 e. The van der Waals surface area contributed by atoms with Crippen LogP contribution in [0.15, 0.2) is 27.8 Å². The summed E-state index contributed by atoms with van der Waals surface area (Å²) in [5.74, 6) is -0.953. The van der Waals surface area contributed by atoms with E-state index in [0.29, 0.717) is 4.47 Å². The summed E-state index contributed by atoms with van der Waals surface area (Å²) in [6.07, 6.45) is 1.55. The van der Waals surface area contributed by atoms with E-state index in [0.717, 1.165) is 0 Å². The van der Waals surface area contributed by atoms with Crippen LogP contribution in [-0.2, 0) is 14.8 Å². The lowest BCUT2D eigenvalue weighted by Gasteiger charge is -2.04. The van der Waals surface area contributed by atoms with Gasteiger partial charge in [-0.25, -0.2) is 18.1 Å². The highest BCUT2D eigenvalue weighted by Gasteiger charge is 2.14. The van der Waals surface area contributed by atoms with Gasteiger partial charge in [0.25, 0.3) is 10.0 Å². The number of hydrogen-bond acceptors (Lipinski definition) is 4. The topological polar surface area (TPSA) is 96.4 Å². The second-order valence-corrected chi connectivity index (χ2v) is 5.84. The predicted octanol–water partition coefficient (Wildman–Crippen LogP) is 0.987. The molecule has 0 bridgehead atoms. The van der Waals surface area contributed by atoms with E-state index in [9.17, 15) is 13.2 Å². The number of pyridine rings is 1. The number of rotatable bonds is 6. The molecular weight excluding hydrogens is 312 g/mol. The number of nitrogens with one attached hydrogen (secondary N) is 1. The lowest BCUT2D eigenvalue weighted by Crippen LogP contribution is -2.26. The number of aromatic nitrogens is 1. The van der Waals surface area contributed by atoms with Crippen molar-refractivity contribution in [2.75, 3.05) is 6.54 Å². The molecule has 0 aliphatic rings. The monoisotopic (exact) mass is 322 g/mol. The van der Waals surface area contributed by atoms with Gasteiger partial charge in [0.05, 0.1) is 0 Å². The zero-order chi connectivity index (χ0) is 12.9. The number of carbonyl (C=O) groups is 1. The molecule has 17 heavy (non-hydrogen) atoms. The number of hydrogen-bond donors (Lipinski definition) is 2. The van der Waals surface area contributed by atoms with Crippen LogP contribution in [0.4, 0.5) is 0 Å². The highest BCUT2D eigenvalue weighted by molar-refractivity contribution is 9.10. The Morgan fingerprint density at radius 2 is 2.18 bits per heavy atom. The van der Waals surface area contributed by atoms with Crippen molar-refractivity contribution in [3.8, 4) is 0 Å². The minimum Gasteiger partial charge on any atom is -0.481 e. The van der Waals surface area contributed by atoms with Crippen LogP contribution < -0.4 is 4.72 Å². The maximum absolute atomic E-state index is 11.7. The van der Waals surface area contributed by atoms with Gasteiger partial charge in [0.1, 0.15) is 0 Å². The quantitative estimate of drug-likeness (QED) is 0.761. The molecule has 0 spiro atoms. The second kappa shape index (κ2) is 6.08. The fourth-order valence-corrected chi connectivity index (χ4v) is 2.28. The predicted molar refractivity (Wildman–Crippen MR) is 64.0 cm³/mol. The molecule has 0 amide bonds. The van der Waals surface area contributed by atoms with Crippen LogP contribution in [0.25, 0.3) is 0 Å². The highest BCUT2D eigenvalue weighted by atomic mass is 79.9. The first-order valence-corrected chi connectivity index (χ1v) is 7.02. The zero-order valence-electron chi connectivity index (χ0n) is 8.76. The first kappa shape index (κ1) is 14.1. The molecule has 0 aromatic carbocycles. The maximum Gasteiger partial charge on any atom is 0.303 e. The molecule has 1 rings (SSSR count). The van der Waals surface area contributed by atoms with Gasteiger partial charge in [-0.15, -0.1) is 0 Å². The number of carboxylic acids is 1. The first-order valence-electron chi connectivity index (χ1n) is 4.75. The number of halogens is 1. The summed E-state index contributed by atoms with van der Waals surface area (Å²) in [4.78, 5) is 14.0. The van der Waals surface area contributed by atoms with Crippen molar-refractivity contribution in [3.63, 3.8) is 0 Å². The third-order valence-corrected chi connectivity index (χ3v) is 3.68. The molecule has 0 unspecified atom stereocenters. The van der Waals surface area contributed by atoms with Crippen LogP contribution in [0.3, 0.4) is 0 Å². The van der Waals surface area contributed by atoms with Crippen molar-refractivity contribution < 1.29 is 18.3 Å². The number of nitrogens with zero attached hydrogens (tertiary/aromatic N) is 1. The van der Waals surface area contributed by atoms with E-state index in [-0.39, 0.29) is 24.4 Å². The molecule has 1 aromatic heterocycles. The fourth-order valence-electron chi connectivity index (χ4n) is 1.04. The van der Waals surface area contributed by atoms with Crippen LogP contribution in [0, 0.1) is 0 Å². The van der Waals surface area contributed by atoms with E-state index in [1.54, 1.807) is 6.07 Å². The Hall–Kier alpha value is -0.990. The Morgan fingerprint density at radius 1 is 1.47 bits per heavy atom. The van der Waals surface area contributed by atoms with Crippen molar-refractivity contribution in [1.29, 1.82) is 0 Å². The Kier molecular flexibility index (Phi) is 5.03. The third-order valence-electron chi connectivity index (χ3n) is 1.84. The summed E-state index contributed by atoms with van der Waals surface area (Å²) in [5.41, 5.74) is 0. The molecule has 2 N–H and O–H groups in total. The van der Waals surface area contributed by atoms with Gasteiger partial charge in [-0.2, -0.15) is 0 Å². The number of aliphatic carboxylic acids is 1. The maximum atomic E-state index is 11.7. The molecule has 0 aliphatic heterocycles. The Labute approximate surface area is 107 Å². The fraction of sp³-hybridized carbons (Fsp3) is 0.333. The summed E-state index contributed by atoms with van der Waals surface area (Å²) in [6, 6.07) is 2.93. The van der Waals surface area contributed by atoms with Crippen molar-refractivity contribution in [2.45, 2.75) is 17.9 Å². The van der Waals surface area contributed by atoms with E-state index < -0.39 is 16.0 Å². The highest BCUT2D eigenvalue weighted by Crippen LogP contribution is 2.10. The van der Waals surface area contributed by atoms with Crippen LogP contribution in [0.1, 0.15) is 12.8 Å². The zero-order valence-corrected chi connectivity index (χ0v) is 11.2. The van der Waals surface area contributed by atoms with Gasteiger partial charge in [-0.05, 0) is 34.5 Å². The van der Waals surface area contributed by atoms with E-state index in [4.69, 9.17) is 5.11 Å². The molecule has 6 nitrogen and oxygen atoms in total. The molecule has 1 aromatic rings. The minimum absolute atomic E-state index is 0.0731. The summed E-state index contributed by atoms with van der Waals surface area (Å²) in [6.45, 7) is 0.0758. The van der Waals surface area contributed by atoms with E-state index in [1.807, 2.05) is 0 Å². The van der Waals surface area contributed by atoms with Crippen molar-refractivity contribution in [2.24, 2.45) is 0 Å². The summed E-state index contributed by atoms with van der Waals surface area (Å²) < 4.78 is 26.3. The smallest absolute Gasteiger partial charge is 0.303 e. The van der Waals surface area contributed by atoms with Crippen molar-refractivity contribution in [3.05, 3.63) is 22.8 Å². The third kappa shape index (κ3) is 4.80. The number of sulfonamides is 1. The molecule has 0 saturated carbocycles. The minimum atomic E-state index is -3.65. The van der Waals surface area contributed by atoms with Crippen LogP contribution >= 0.6 is 15.9 Å². The Bertz CT molecular complexity index is 486. The van der Waals surface area contributed by atoms with Gasteiger partial charge in [0.2, 0.25) is 0 Å². The molecule has 0 radical (unpaired) electrons. The molecule has 1 heterocycles. The molecule has 0 atom stereocenters. The number of carboxylic acid groups (broad SMARTS) is 1. The van der Waals surface area contributed by atoms with E-state index >= 15 is 0 Å². The SMILES string of the molecule is O=C(O)CCCNS(=O)(=O)c1ccc(Br)cn1. The standard InChI is InChI=1S/C9H11BrN2O4S/c10-7-3-4-8(11-6-7)17(15,16)12-5-1-2-9(13)14/h3-4,6,12H,1-2,5H2,(H,13,14). The lowest BCUT2D eigenvalue weighted by molar-refractivity contribution is -0.137. The van der Waals surface area contributed by atoms with Gasteiger partial charge in [-0.3, -0.25) is 4.79 Å². The van der Waals surface area contributed by atoms with Gasteiger partial charge in [0.15, 0.2) is 5.03 Å². The normalized spacial score (nSPS) is 11.4. The Balaban J connectivity index is 2.57. The Morgan fingerprint density at radius 3 is 2.71 bits per heavy atom. The van der Waals surface area contributed by atoms with Gasteiger partial charge >= 0.3 is 5.97 Å². The molecule has 0 aliphatic carbocycles. The molecule has 94 valence electrons. The first-order chi connectivity index (χ1) is 7.92. The van der Waals surface area contributed by atoms with Crippen molar-refractivity contribution >= 4 is 31.9 Å². The molecule has 8 heteroatoms. The van der Waals surface area contributed by atoms with Crippen LogP contribution in [-0.4, -0.2) is 31.0 Å². The van der Waals surface area contributed by atoms with Crippen LogP contribution in [0.2, 0.25) is 0 Å². The average molecular weight is 323 g/mol. The second-order valence-electron chi connectivity index (χ2n) is 3.21. The molecule has 0 saturated heterocycles. The van der Waals surface area contributed by atoms with E-state index in [1.165, 1.54) is 12.3 Å². The molecule has 0 fully saturated rings. The summed E-state index contributed by atoms with van der Waals surface area (Å²) in [7, 11) is -3.65.